The van der Waals surface area contributed by atoms with Gasteiger partial charge in [0.15, 0.2) is 5.76 Å². The highest BCUT2D eigenvalue weighted by Gasteiger charge is 2.42. The molecule has 4 rings (SSSR count). The lowest BCUT2D eigenvalue weighted by Crippen LogP contribution is -2.57. The lowest BCUT2D eigenvalue weighted by Gasteiger charge is -2.44. The Morgan fingerprint density at radius 2 is 1.90 bits per heavy atom. The number of benzene rings is 1. The Labute approximate surface area is 171 Å². The van der Waals surface area contributed by atoms with E-state index in [0.29, 0.717) is 5.56 Å². The summed E-state index contributed by atoms with van der Waals surface area (Å²) in [5.74, 6) is -0.538. The Morgan fingerprint density at radius 3 is 2.69 bits per heavy atom. The van der Waals surface area contributed by atoms with E-state index in [0.717, 1.165) is 51.4 Å². The monoisotopic (exact) mass is 400 g/mol. The van der Waals surface area contributed by atoms with Crippen molar-refractivity contribution < 1.29 is 18.7 Å². The lowest BCUT2D eigenvalue weighted by molar-refractivity contribution is -0.152. The van der Waals surface area contributed by atoms with Gasteiger partial charge in [-0.05, 0) is 55.9 Å². The van der Waals surface area contributed by atoms with Crippen LogP contribution in [0.4, 0.5) is 4.39 Å². The maximum Gasteiger partial charge on any atom is 0.289 e. The third kappa shape index (κ3) is 4.80. The number of amides is 2. The fourth-order valence-corrected chi connectivity index (χ4v) is 4.78. The SMILES string of the molecule is O=C(CN1C(=O)/C(=C\c2cccc(F)c2)OC2CCCCC21)NC1CCCCC1. The molecule has 0 bridgehead atoms. The number of carbonyl (C=O) groups is 2. The summed E-state index contributed by atoms with van der Waals surface area (Å²) < 4.78 is 19.6. The first kappa shape index (κ1) is 19.9. The van der Waals surface area contributed by atoms with Crippen molar-refractivity contribution >= 4 is 17.9 Å². The molecular weight excluding hydrogens is 371 g/mol. The molecule has 2 amide bonds. The van der Waals surface area contributed by atoms with Gasteiger partial charge in [-0.15, -0.1) is 0 Å². The molecule has 2 atom stereocenters. The van der Waals surface area contributed by atoms with Gasteiger partial charge in [-0.25, -0.2) is 4.39 Å². The minimum Gasteiger partial charge on any atom is -0.482 e. The number of hydrogen-bond donors (Lipinski definition) is 1. The Bertz CT molecular complexity index is 788. The van der Waals surface area contributed by atoms with Crippen molar-refractivity contribution in [3.8, 4) is 0 Å². The van der Waals surface area contributed by atoms with Crippen LogP contribution in [0.5, 0.6) is 0 Å². The molecule has 0 aromatic heterocycles. The van der Waals surface area contributed by atoms with Gasteiger partial charge in [-0.1, -0.05) is 37.8 Å². The summed E-state index contributed by atoms with van der Waals surface area (Å²) in [6.07, 6.45) is 10.8. The highest BCUT2D eigenvalue weighted by Crippen LogP contribution is 2.33. The third-order valence-corrected chi connectivity index (χ3v) is 6.25. The van der Waals surface area contributed by atoms with Gasteiger partial charge in [0.2, 0.25) is 5.91 Å². The molecule has 29 heavy (non-hydrogen) atoms. The van der Waals surface area contributed by atoms with Gasteiger partial charge >= 0.3 is 0 Å². The fourth-order valence-electron chi connectivity index (χ4n) is 4.78. The van der Waals surface area contributed by atoms with Crippen LogP contribution in [0.1, 0.15) is 63.4 Å². The number of halogens is 1. The number of fused-ring (bicyclic) bond motifs is 1. The zero-order valence-corrected chi connectivity index (χ0v) is 16.7. The zero-order chi connectivity index (χ0) is 20.2. The van der Waals surface area contributed by atoms with Crippen molar-refractivity contribution in [2.75, 3.05) is 6.54 Å². The molecule has 1 aliphatic heterocycles. The van der Waals surface area contributed by atoms with Crippen LogP contribution in [0, 0.1) is 5.82 Å². The normalized spacial score (nSPS) is 26.7. The van der Waals surface area contributed by atoms with Gasteiger partial charge in [0.25, 0.3) is 5.91 Å². The standard InChI is InChI=1S/C23H29FN2O3/c24-17-8-6-7-16(13-17)14-21-23(28)26(19-11-4-5-12-20(19)29-21)15-22(27)25-18-9-2-1-3-10-18/h6-8,13-14,18-20H,1-5,9-12,15H2,(H,25,27)/b21-14+. The quantitative estimate of drug-likeness (QED) is 0.783. The van der Waals surface area contributed by atoms with Crippen LogP contribution in [-0.4, -0.2) is 41.4 Å². The van der Waals surface area contributed by atoms with Crippen LogP contribution < -0.4 is 5.32 Å². The average Bonchev–Trinajstić information content (AvgIpc) is 2.72. The first-order valence-electron chi connectivity index (χ1n) is 10.8. The maximum absolute atomic E-state index is 13.5. The molecule has 1 saturated heterocycles. The van der Waals surface area contributed by atoms with Crippen LogP contribution >= 0.6 is 0 Å². The molecule has 3 fully saturated rings. The number of rotatable bonds is 4. The predicted molar refractivity (Wildman–Crippen MR) is 108 cm³/mol. The van der Waals surface area contributed by atoms with E-state index in [9.17, 15) is 14.0 Å². The molecule has 0 spiro atoms. The van der Waals surface area contributed by atoms with E-state index in [-0.39, 0.29) is 48.1 Å². The summed E-state index contributed by atoms with van der Waals surface area (Å²) in [5.41, 5.74) is 0.578. The maximum atomic E-state index is 13.5. The molecule has 6 heteroatoms. The molecule has 2 saturated carbocycles. The van der Waals surface area contributed by atoms with E-state index in [2.05, 4.69) is 5.32 Å². The fraction of sp³-hybridized carbons (Fsp3) is 0.565. The molecule has 1 heterocycles. The van der Waals surface area contributed by atoms with Crippen LogP contribution in [0.3, 0.4) is 0 Å². The topological polar surface area (TPSA) is 58.6 Å². The number of nitrogens with one attached hydrogen (secondary N) is 1. The van der Waals surface area contributed by atoms with Gasteiger partial charge in [-0.3, -0.25) is 9.59 Å². The molecule has 1 aromatic carbocycles. The molecular formula is C23H29FN2O3. The highest BCUT2D eigenvalue weighted by atomic mass is 19.1. The average molecular weight is 400 g/mol. The van der Waals surface area contributed by atoms with Crippen LogP contribution in [-0.2, 0) is 14.3 Å². The number of morpholine rings is 1. The largest absolute Gasteiger partial charge is 0.482 e. The first-order valence-corrected chi connectivity index (χ1v) is 10.8. The molecule has 156 valence electrons. The summed E-state index contributed by atoms with van der Waals surface area (Å²) in [6, 6.07) is 6.23. The number of nitrogens with zero attached hydrogens (tertiary/aromatic N) is 1. The van der Waals surface area contributed by atoms with Gasteiger partial charge < -0.3 is 15.0 Å². The van der Waals surface area contributed by atoms with Gasteiger partial charge in [0, 0.05) is 6.04 Å². The van der Waals surface area contributed by atoms with Crippen molar-refractivity contribution in [2.45, 2.75) is 76.0 Å². The molecule has 1 N–H and O–H groups in total. The predicted octanol–water partition coefficient (Wildman–Crippen LogP) is 3.79. The van der Waals surface area contributed by atoms with Crippen molar-refractivity contribution in [2.24, 2.45) is 0 Å². The summed E-state index contributed by atoms with van der Waals surface area (Å²) >= 11 is 0. The second kappa shape index (κ2) is 8.97. The highest BCUT2D eigenvalue weighted by molar-refractivity contribution is 5.98. The van der Waals surface area contributed by atoms with Gasteiger partial charge in [-0.2, -0.15) is 0 Å². The third-order valence-electron chi connectivity index (χ3n) is 6.25. The Balaban J connectivity index is 1.51. The molecule has 3 aliphatic rings. The minimum atomic E-state index is -0.359. The first-order chi connectivity index (χ1) is 14.1. The van der Waals surface area contributed by atoms with E-state index in [4.69, 9.17) is 4.74 Å². The Morgan fingerprint density at radius 1 is 1.14 bits per heavy atom. The van der Waals surface area contributed by atoms with Crippen LogP contribution in [0.2, 0.25) is 0 Å². The zero-order valence-electron chi connectivity index (χ0n) is 16.7. The Hall–Kier alpha value is -2.37. The second-order valence-electron chi connectivity index (χ2n) is 8.41. The second-order valence-corrected chi connectivity index (χ2v) is 8.41. The van der Waals surface area contributed by atoms with E-state index >= 15 is 0 Å². The Kier molecular flexibility index (Phi) is 6.16. The van der Waals surface area contributed by atoms with E-state index in [1.54, 1.807) is 23.1 Å². The van der Waals surface area contributed by atoms with Crippen molar-refractivity contribution in [3.63, 3.8) is 0 Å². The summed E-state index contributed by atoms with van der Waals surface area (Å²) in [5, 5.41) is 3.11. The summed E-state index contributed by atoms with van der Waals surface area (Å²) in [4.78, 5) is 27.5. The van der Waals surface area contributed by atoms with E-state index in [1.807, 2.05) is 0 Å². The van der Waals surface area contributed by atoms with Gasteiger partial charge in [0.05, 0.1) is 6.04 Å². The van der Waals surface area contributed by atoms with Gasteiger partial charge in [0.1, 0.15) is 18.5 Å². The van der Waals surface area contributed by atoms with Crippen LogP contribution in [0.15, 0.2) is 30.0 Å². The summed E-state index contributed by atoms with van der Waals surface area (Å²) in [6.45, 7) is 0.0559. The minimum absolute atomic E-state index is 0.0559. The molecule has 2 unspecified atom stereocenters. The molecule has 2 aliphatic carbocycles. The van der Waals surface area contributed by atoms with Crippen molar-refractivity contribution in [3.05, 3.63) is 41.4 Å². The number of carbonyl (C=O) groups excluding carboxylic acids is 2. The number of hydrogen-bond acceptors (Lipinski definition) is 3. The molecule has 0 radical (unpaired) electrons. The van der Waals surface area contributed by atoms with Crippen molar-refractivity contribution in [1.82, 2.24) is 10.2 Å². The molecule has 1 aromatic rings. The smallest absolute Gasteiger partial charge is 0.289 e. The van der Waals surface area contributed by atoms with E-state index in [1.165, 1.54) is 18.6 Å². The van der Waals surface area contributed by atoms with Crippen LogP contribution in [0.25, 0.3) is 6.08 Å². The number of ether oxygens (including phenoxy) is 1. The van der Waals surface area contributed by atoms with Crippen molar-refractivity contribution in [1.29, 1.82) is 0 Å². The van der Waals surface area contributed by atoms with E-state index < -0.39 is 0 Å². The lowest BCUT2D eigenvalue weighted by atomic mass is 9.89. The molecule has 5 nitrogen and oxygen atoms in total. The summed E-state index contributed by atoms with van der Waals surface area (Å²) in [7, 11) is 0.